The fraction of sp³-hybridized carbons (Fsp3) is 0.379. The summed E-state index contributed by atoms with van der Waals surface area (Å²) < 4.78 is 12.5. The van der Waals surface area contributed by atoms with Gasteiger partial charge in [0.15, 0.2) is 0 Å². The van der Waals surface area contributed by atoms with Crippen molar-refractivity contribution in [1.29, 1.82) is 0 Å². The van der Waals surface area contributed by atoms with Gasteiger partial charge in [0.05, 0.1) is 42.4 Å². The molecule has 0 saturated carbocycles. The van der Waals surface area contributed by atoms with Crippen LogP contribution in [0.2, 0.25) is 0 Å². The summed E-state index contributed by atoms with van der Waals surface area (Å²) in [6, 6.07) is 8.31. The van der Waals surface area contributed by atoms with E-state index < -0.39 is 0 Å². The molecular formula is C29H36N2O3. The van der Waals surface area contributed by atoms with Gasteiger partial charge in [0.25, 0.3) is 0 Å². The fourth-order valence-electron chi connectivity index (χ4n) is 4.86. The zero-order chi connectivity index (χ0) is 24.6. The van der Waals surface area contributed by atoms with Crippen molar-refractivity contribution in [2.24, 2.45) is 0 Å². The number of aliphatic hydroxyl groups is 1. The summed E-state index contributed by atoms with van der Waals surface area (Å²) in [5.74, 6) is 1.43. The Morgan fingerprint density at radius 2 is 1.65 bits per heavy atom. The van der Waals surface area contributed by atoms with Crippen molar-refractivity contribution in [2.75, 3.05) is 11.6 Å². The highest BCUT2D eigenvalue weighted by molar-refractivity contribution is 5.80. The lowest BCUT2D eigenvalue weighted by Crippen LogP contribution is -2.28. The highest BCUT2D eigenvalue weighted by Crippen LogP contribution is 2.44. The zero-order valence-electron chi connectivity index (χ0n) is 21.3. The van der Waals surface area contributed by atoms with Crippen molar-refractivity contribution < 1.29 is 14.6 Å². The lowest BCUT2D eigenvalue weighted by atomic mass is 10.0. The molecular weight excluding hydrogens is 424 g/mol. The number of hydrogen-bond donors (Lipinski definition) is 1. The number of nitrogens with zero attached hydrogens (tertiary/aromatic N) is 2. The van der Waals surface area contributed by atoms with Gasteiger partial charge in [0.2, 0.25) is 0 Å². The highest BCUT2D eigenvalue weighted by Gasteiger charge is 2.31. The Kier molecular flexibility index (Phi) is 6.76. The van der Waals surface area contributed by atoms with Crippen LogP contribution < -0.4 is 14.4 Å². The molecule has 5 nitrogen and oxygen atoms in total. The lowest BCUT2D eigenvalue weighted by molar-refractivity contribution is 0.216. The number of fused-ring (bicyclic) bond motifs is 1. The van der Waals surface area contributed by atoms with Gasteiger partial charge < -0.3 is 24.4 Å². The topological polar surface area (TPSA) is 45.2 Å². The van der Waals surface area contributed by atoms with Crippen molar-refractivity contribution in [3.63, 3.8) is 0 Å². The van der Waals surface area contributed by atoms with Gasteiger partial charge in [-0.2, -0.15) is 0 Å². The van der Waals surface area contributed by atoms with Crippen LogP contribution in [0.4, 0.5) is 5.69 Å². The number of anilines is 1. The first-order valence-corrected chi connectivity index (χ1v) is 12.0. The summed E-state index contributed by atoms with van der Waals surface area (Å²) >= 11 is 0. The molecule has 180 valence electrons. The molecule has 2 aliphatic heterocycles. The monoisotopic (exact) mass is 460 g/mol. The molecule has 0 atom stereocenters. The Morgan fingerprint density at radius 3 is 2.26 bits per heavy atom. The number of allylic oxidation sites excluding steroid dienone is 3. The molecule has 2 aromatic rings. The van der Waals surface area contributed by atoms with E-state index in [9.17, 15) is 5.11 Å². The Bertz CT molecular complexity index is 1150. The van der Waals surface area contributed by atoms with Crippen LogP contribution in [-0.2, 0) is 6.61 Å². The van der Waals surface area contributed by atoms with E-state index in [0.717, 1.165) is 28.3 Å². The third-order valence-corrected chi connectivity index (χ3v) is 5.97. The molecule has 0 fully saturated rings. The standard InChI is InChI=1S/C29H36N2O3/c1-18(2)33-26-12-11-23(16-32)29(34-19(3)4)27(26)25-10-8-9-24-15-30(17-31(24)25)28-21(6)13-20(5)14-22(28)7/h8-15,18-19,32H,16-17H2,1-7H3. The Morgan fingerprint density at radius 1 is 0.971 bits per heavy atom. The maximum Gasteiger partial charge on any atom is 0.138 e. The van der Waals surface area contributed by atoms with E-state index >= 15 is 0 Å². The minimum Gasteiger partial charge on any atom is -0.490 e. The van der Waals surface area contributed by atoms with Crippen LogP contribution in [-0.4, -0.2) is 28.9 Å². The van der Waals surface area contributed by atoms with Crippen molar-refractivity contribution in [3.8, 4) is 11.5 Å². The minimum atomic E-state index is -0.100. The first-order valence-electron chi connectivity index (χ1n) is 12.0. The first kappa shape index (κ1) is 24.0. The van der Waals surface area contributed by atoms with E-state index in [1.165, 1.54) is 22.4 Å². The molecule has 0 saturated heterocycles. The molecule has 0 amide bonds. The van der Waals surface area contributed by atoms with Crippen molar-refractivity contribution >= 4 is 11.4 Å². The van der Waals surface area contributed by atoms with Gasteiger partial charge in [-0.25, -0.2) is 0 Å². The van der Waals surface area contributed by atoms with Gasteiger partial charge in [0, 0.05) is 17.5 Å². The molecule has 0 aliphatic carbocycles. The molecule has 0 radical (unpaired) electrons. The predicted molar refractivity (Wildman–Crippen MR) is 139 cm³/mol. The van der Waals surface area contributed by atoms with Gasteiger partial charge in [-0.05, 0) is 83.9 Å². The summed E-state index contributed by atoms with van der Waals surface area (Å²) in [6.45, 7) is 15.1. The lowest BCUT2D eigenvalue weighted by Gasteiger charge is -2.31. The first-order chi connectivity index (χ1) is 16.2. The SMILES string of the molecule is Cc1cc(C)c(N2C=C3C=CC=C(c4c(OC(C)C)ccc(CO)c4OC(C)C)N3C2)c(C)c1. The van der Waals surface area contributed by atoms with Crippen LogP contribution in [0.5, 0.6) is 11.5 Å². The number of rotatable bonds is 7. The molecule has 0 bridgehead atoms. The van der Waals surface area contributed by atoms with Crippen LogP contribution >= 0.6 is 0 Å². The average Bonchev–Trinajstić information content (AvgIpc) is 3.16. The summed E-state index contributed by atoms with van der Waals surface area (Å²) in [5, 5.41) is 10.1. The molecule has 2 heterocycles. The van der Waals surface area contributed by atoms with E-state index in [1.807, 2.05) is 39.8 Å². The summed E-state index contributed by atoms with van der Waals surface area (Å²) in [7, 11) is 0. The Balaban J connectivity index is 1.81. The summed E-state index contributed by atoms with van der Waals surface area (Å²) in [5.41, 5.74) is 8.78. The second kappa shape index (κ2) is 9.59. The Labute approximate surface area is 203 Å². The minimum absolute atomic E-state index is 0.00769. The number of ether oxygens (including phenoxy) is 2. The smallest absolute Gasteiger partial charge is 0.138 e. The van der Waals surface area contributed by atoms with Crippen molar-refractivity contribution in [3.05, 3.63) is 82.2 Å². The van der Waals surface area contributed by atoms with Crippen LogP contribution in [0.15, 0.2) is 54.4 Å². The Hall–Kier alpha value is -3.18. The van der Waals surface area contributed by atoms with Crippen molar-refractivity contribution in [2.45, 2.75) is 67.3 Å². The van der Waals surface area contributed by atoms with E-state index in [-0.39, 0.29) is 18.8 Å². The van der Waals surface area contributed by atoms with Crippen LogP contribution in [0.3, 0.4) is 0 Å². The number of aryl methyl sites for hydroxylation is 3. The molecule has 5 heteroatoms. The fourth-order valence-corrected chi connectivity index (χ4v) is 4.86. The molecule has 0 aromatic heterocycles. The van der Waals surface area contributed by atoms with Gasteiger partial charge in [0.1, 0.15) is 11.5 Å². The van der Waals surface area contributed by atoms with E-state index in [1.54, 1.807) is 0 Å². The van der Waals surface area contributed by atoms with Gasteiger partial charge >= 0.3 is 0 Å². The maximum atomic E-state index is 10.1. The largest absolute Gasteiger partial charge is 0.490 e. The molecule has 1 N–H and O–H groups in total. The van der Waals surface area contributed by atoms with Crippen LogP contribution in [0.1, 0.15) is 55.5 Å². The second-order valence-corrected chi connectivity index (χ2v) is 9.67. The second-order valence-electron chi connectivity index (χ2n) is 9.67. The van der Waals surface area contributed by atoms with Crippen LogP contribution in [0, 0.1) is 20.8 Å². The van der Waals surface area contributed by atoms with Gasteiger partial charge in [-0.15, -0.1) is 0 Å². The third-order valence-electron chi connectivity index (χ3n) is 5.97. The van der Waals surface area contributed by atoms with Crippen molar-refractivity contribution in [1.82, 2.24) is 4.90 Å². The molecule has 34 heavy (non-hydrogen) atoms. The molecule has 2 aliphatic rings. The van der Waals surface area contributed by atoms with E-state index in [0.29, 0.717) is 12.4 Å². The maximum absolute atomic E-state index is 10.1. The van der Waals surface area contributed by atoms with Gasteiger partial charge in [-0.3, -0.25) is 0 Å². The zero-order valence-corrected chi connectivity index (χ0v) is 21.3. The molecule has 0 spiro atoms. The number of hydrogen-bond acceptors (Lipinski definition) is 5. The van der Waals surface area contributed by atoms with E-state index in [4.69, 9.17) is 9.47 Å². The number of benzene rings is 2. The summed E-state index contributed by atoms with van der Waals surface area (Å²) in [4.78, 5) is 4.60. The normalized spacial score (nSPS) is 15.1. The van der Waals surface area contributed by atoms with Gasteiger partial charge in [-0.1, -0.05) is 23.8 Å². The van der Waals surface area contributed by atoms with Crippen LogP contribution in [0.25, 0.3) is 5.70 Å². The molecule has 2 aromatic carbocycles. The average molecular weight is 461 g/mol. The molecule has 4 rings (SSSR count). The number of aliphatic hydroxyl groups excluding tert-OH is 1. The third kappa shape index (κ3) is 4.58. The quantitative estimate of drug-likeness (QED) is 0.532. The predicted octanol–water partition coefficient (Wildman–Crippen LogP) is 6.21. The van der Waals surface area contributed by atoms with E-state index in [2.05, 4.69) is 67.1 Å². The highest BCUT2D eigenvalue weighted by atomic mass is 16.5. The summed E-state index contributed by atoms with van der Waals surface area (Å²) in [6.07, 6.45) is 8.47. The molecule has 0 unspecified atom stereocenters.